The smallest absolute Gasteiger partial charge is 0.0729 e. The molecule has 0 unspecified atom stereocenters. The summed E-state index contributed by atoms with van der Waals surface area (Å²) in [5, 5.41) is 7.61. The van der Waals surface area contributed by atoms with Gasteiger partial charge in [-0.05, 0) is 37.5 Å². The van der Waals surface area contributed by atoms with Crippen LogP contribution in [0.5, 0.6) is 0 Å². The Morgan fingerprint density at radius 3 is 2.71 bits per heavy atom. The van der Waals surface area contributed by atoms with E-state index in [-0.39, 0.29) is 0 Å². The first-order valence-electron chi connectivity index (χ1n) is 6.01. The lowest BCUT2D eigenvalue weighted by Gasteiger charge is -2.06. The molecule has 0 aliphatic heterocycles. The fourth-order valence-electron chi connectivity index (χ4n) is 1.75. The van der Waals surface area contributed by atoms with Crippen molar-refractivity contribution in [3.05, 3.63) is 47.3 Å². The van der Waals surface area contributed by atoms with Crippen LogP contribution in [0.3, 0.4) is 0 Å². The minimum absolute atomic E-state index is 0.844. The molecule has 3 heteroatoms. The van der Waals surface area contributed by atoms with Gasteiger partial charge in [0.1, 0.15) is 0 Å². The van der Waals surface area contributed by atoms with E-state index in [1.54, 1.807) is 0 Å². The van der Waals surface area contributed by atoms with Crippen molar-refractivity contribution in [1.29, 1.82) is 0 Å². The molecule has 90 valence electrons. The minimum Gasteiger partial charge on any atom is -0.378 e. The van der Waals surface area contributed by atoms with Crippen molar-refractivity contribution < 1.29 is 0 Å². The maximum Gasteiger partial charge on any atom is 0.0729 e. The molecule has 0 aliphatic rings. The van der Waals surface area contributed by atoms with Crippen molar-refractivity contribution in [2.24, 2.45) is 0 Å². The van der Waals surface area contributed by atoms with Crippen LogP contribution in [-0.2, 0) is 13.1 Å². The Labute approximate surface area is 102 Å². The Morgan fingerprint density at radius 2 is 2.06 bits per heavy atom. The molecular formula is C14H19N3. The minimum atomic E-state index is 0.844. The second-order valence-electron chi connectivity index (χ2n) is 4.36. The third kappa shape index (κ3) is 2.87. The van der Waals surface area contributed by atoms with Crippen LogP contribution in [0.4, 0.5) is 5.69 Å². The molecule has 3 nitrogen and oxygen atoms in total. The van der Waals surface area contributed by atoms with Crippen LogP contribution in [0.1, 0.15) is 23.6 Å². The molecule has 17 heavy (non-hydrogen) atoms. The molecule has 0 amide bonds. The summed E-state index contributed by atoms with van der Waals surface area (Å²) in [5.74, 6) is 0. The molecule has 0 aliphatic carbocycles. The summed E-state index contributed by atoms with van der Waals surface area (Å²) < 4.78 is 1.92. The zero-order chi connectivity index (χ0) is 12.3. The number of rotatable bonds is 4. The number of benzene rings is 1. The standard InChI is InChI=1S/C14H19N3/c1-4-17-10-14(9-16-17)15-8-13-6-5-11(2)12(3)7-13/h5-7,9-10,15H,4,8H2,1-3H3. The van der Waals surface area contributed by atoms with Crippen molar-refractivity contribution in [3.63, 3.8) is 0 Å². The lowest BCUT2D eigenvalue weighted by molar-refractivity contribution is 0.660. The highest BCUT2D eigenvalue weighted by molar-refractivity contribution is 5.40. The van der Waals surface area contributed by atoms with Gasteiger partial charge in [-0.2, -0.15) is 5.10 Å². The second kappa shape index (κ2) is 5.04. The van der Waals surface area contributed by atoms with Gasteiger partial charge in [-0.3, -0.25) is 4.68 Å². The fourth-order valence-corrected chi connectivity index (χ4v) is 1.75. The lowest BCUT2D eigenvalue weighted by Crippen LogP contribution is -1.99. The van der Waals surface area contributed by atoms with Crippen molar-refractivity contribution in [2.75, 3.05) is 5.32 Å². The number of hydrogen-bond acceptors (Lipinski definition) is 2. The van der Waals surface area contributed by atoms with Gasteiger partial charge in [-0.1, -0.05) is 18.2 Å². The van der Waals surface area contributed by atoms with Crippen LogP contribution in [0.2, 0.25) is 0 Å². The number of hydrogen-bond donors (Lipinski definition) is 1. The molecule has 2 rings (SSSR count). The SMILES string of the molecule is CCn1cc(NCc2ccc(C)c(C)c2)cn1. The number of aryl methyl sites for hydroxylation is 3. The molecule has 0 saturated heterocycles. The Kier molecular flexibility index (Phi) is 3.47. The summed E-state index contributed by atoms with van der Waals surface area (Å²) in [4.78, 5) is 0. The monoisotopic (exact) mass is 229 g/mol. The number of nitrogens with zero attached hydrogens (tertiary/aromatic N) is 2. The number of aromatic nitrogens is 2. The molecule has 0 spiro atoms. The van der Waals surface area contributed by atoms with Crippen molar-refractivity contribution in [3.8, 4) is 0 Å². The van der Waals surface area contributed by atoms with Crippen LogP contribution in [-0.4, -0.2) is 9.78 Å². The molecule has 1 heterocycles. The van der Waals surface area contributed by atoms with Gasteiger partial charge in [0.05, 0.1) is 11.9 Å². The summed E-state index contributed by atoms with van der Waals surface area (Å²) in [7, 11) is 0. The van der Waals surface area contributed by atoms with E-state index in [0.717, 1.165) is 18.8 Å². The van der Waals surface area contributed by atoms with E-state index < -0.39 is 0 Å². The largest absolute Gasteiger partial charge is 0.378 e. The Hall–Kier alpha value is -1.77. The van der Waals surface area contributed by atoms with Crippen LogP contribution in [0.25, 0.3) is 0 Å². The first kappa shape index (κ1) is 11.7. The van der Waals surface area contributed by atoms with Crippen LogP contribution < -0.4 is 5.32 Å². The van der Waals surface area contributed by atoms with Gasteiger partial charge >= 0.3 is 0 Å². The predicted molar refractivity (Wildman–Crippen MR) is 71.1 cm³/mol. The quantitative estimate of drug-likeness (QED) is 0.873. The van der Waals surface area contributed by atoms with Crippen LogP contribution in [0.15, 0.2) is 30.6 Å². The lowest BCUT2D eigenvalue weighted by atomic mass is 10.1. The number of nitrogens with one attached hydrogen (secondary N) is 1. The summed E-state index contributed by atoms with van der Waals surface area (Å²) >= 11 is 0. The van der Waals surface area contributed by atoms with Gasteiger partial charge in [0, 0.05) is 19.3 Å². The van der Waals surface area contributed by atoms with Crippen LogP contribution >= 0.6 is 0 Å². The summed E-state index contributed by atoms with van der Waals surface area (Å²) in [5.41, 5.74) is 5.06. The zero-order valence-corrected chi connectivity index (χ0v) is 10.7. The van der Waals surface area contributed by atoms with Gasteiger partial charge in [-0.25, -0.2) is 0 Å². The highest BCUT2D eigenvalue weighted by atomic mass is 15.3. The van der Waals surface area contributed by atoms with Crippen molar-refractivity contribution >= 4 is 5.69 Å². The maximum atomic E-state index is 4.23. The normalized spacial score (nSPS) is 10.5. The fraction of sp³-hybridized carbons (Fsp3) is 0.357. The average molecular weight is 229 g/mol. The first-order chi connectivity index (χ1) is 8.19. The summed E-state index contributed by atoms with van der Waals surface area (Å²) in [6.07, 6.45) is 3.89. The molecule has 1 N–H and O–H groups in total. The van der Waals surface area contributed by atoms with Crippen LogP contribution in [0, 0.1) is 13.8 Å². The van der Waals surface area contributed by atoms with Crippen molar-refractivity contribution in [2.45, 2.75) is 33.9 Å². The molecule has 2 aromatic rings. The third-order valence-electron chi connectivity index (χ3n) is 3.03. The zero-order valence-electron chi connectivity index (χ0n) is 10.7. The first-order valence-corrected chi connectivity index (χ1v) is 6.01. The van der Waals surface area contributed by atoms with E-state index in [1.807, 2.05) is 17.1 Å². The molecule has 1 aromatic carbocycles. The van der Waals surface area contributed by atoms with Gasteiger partial charge < -0.3 is 5.32 Å². The maximum absolute atomic E-state index is 4.23. The van der Waals surface area contributed by atoms with Gasteiger partial charge in [0.15, 0.2) is 0 Å². The molecule has 0 saturated carbocycles. The van der Waals surface area contributed by atoms with E-state index in [9.17, 15) is 0 Å². The van der Waals surface area contributed by atoms with E-state index in [0.29, 0.717) is 0 Å². The summed E-state index contributed by atoms with van der Waals surface area (Å²) in [6.45, 7) is 8.12. The topological polar surface area (TPSA) is 29.9 Å². The van der Waals surface area contributed by atoms with Gasteiger partial charge in [0.25, 0.3) is 0 Å². The average Bonchev–Trinajstić information content (AvgIpc) is 2.79. The molecule has 0 bridgehead atoms. The van der Waals surface area contributed by atoms with Crippen molar-refractivity contribution in [1.82, 2.24) is 9.78 Å². The Bertz CT molecular complexity index is 500. The van der Waals surface area contributed by atoms with E-state index in [1.165, 1.54) is 16.7 Å². The highest BCUT2D eigenvalue weighted by Crippen LogP contribution is 2.12. The number of anilines is 1. The molecule has 0 radical (unpaired) electrons. The highest BCUT2D eigenvalue weighted by Gasteiger charge is 1.99. The Morgan fingerprint density at radius 1 is 1.24 bits per heavy atom. The second-order valence-corrected chi connectivity index (χ2v) is 4.36. The van der Waals surface area contributed by atoms with Gasteiger partial charge in [-0.15, -0.1) is 0 Å². The van der Waals surface area contributed by atoms with E-state index in [4.69, 9.17) is 0 Å². The molecule has 0 fully saturated rings. The Balaban J connectivity index is 1.99. The third-order valence-corrected chi connectivity index (χ3v) is 3.03. The van der Waals surface area contributed by atoms with Gasteiger partial charge in [0.2, 0.25) is 0 Å². The van der Waals surface area contributed by atoms with E-state index in [2.05, 4.69) is 49.4 Å². The van der Waals surface area contributed by atoms with E-state index >= 15 is 0 Å². The predicted octanol–water partition coefficient (Wildman–Crippen LogP) is 3.13. The molecular weight excluding hydrogens is 210 g/mol. The summed E-state index contributed by atoms with van der Waals surface area (Å²) in [6, 6.07) is 6.56. The molecule has 1 aromatic heterocycles. The molecule has 0 atom stereocenters.